The van der Waals surface area contributed by atoms with Crippen LogP contribution < -0.4 is 5.32 Å². The summed E-state index contributed by atoms with van der Waals surface area (Å²) in [5, 5.41) is 11.3. The molecule has 0 aromatic rings. The number of carbonyl (C=O) groups excluding carboxylic acids is 2. The zero-order chi connectivity index (χ0) is 21.0. The van der Waals surface area contributed by atoms with Gasteiger partial charge in [-0.25, -0.2) is 4.79 Å². The minimum Gasteiger partial charge on any atom is -0.481 e. The molecule has 1 amide bonds. The number of hydrogen-bond acceptors (Lipinski definition) is 4. The summed E-state index contributed by atoms with van der Waals surface area (Å²) < 4.78 is 4.86. The van der Waals surface area contributed by atoms with E-state index in [9.17, 15) is 14.4 Å². The lowest BCUT2D eigenvalue weighted by molar-refractivity contribution is -0.142. The van der Waals surface area contributed by atoms with Crippen LogP contribution in [-0.2, 0) is 19.1 Å². The average molecular weight is 398 g/mol. The Morgan fingerprint density at radius 3 is 1.86 bits per heavy atom. The Hall–Kier alpha value is -1.85. The van der Waals surface area contributed by atoms with Gasteiger partial charge in [-0.15, -0.1) is 0 Å². The van der Waals surface area contributed by atoms with E-state index in [0.717, 1.165) is 12.8 Å². The molecule has 0 radical (unpaired) electrons. The van der Waals surface area contributed by atoms with Gasteiger partial charge in [0.05, 0.1) is 13.0 Å². The lowest BCUT2D eigenvalue weighted by atomic mass is 10.0. The molecule has 0 fully saturated rings. The van der Waals surface area contributed by atoms with Gasteiger partial charge >= 0.3 is 11.9 Å². The van der Waals surface area contributed by atoms with Crippen LogP contribution in [0.3, 0.4) is 0 Å². The number of amides is 1. The van der Waals surface area contributed by atoms with Gasteiger partial charge in [-0.05, 0) is 6.42 Å². The number of carboxylic acid groups (broad SMARTS) is 1. The normalized spacial score (nSPS) is 10.5. The summed E-state index contributed by atoms with van der Waals surface area (Å²) in [6.07, 6.45) is 15.1. The number of esters is 1. The minimum absolute atomic E-state index is 0.0155. The Balaban J connectivity index is 3.39. The molecule has 0 saturated heterocycles. The van der Waals surface area contributed by atoms with Crippen molar-refractivity contribution in [3.63, 3.8) is 0 Å². The molecule has 6 heteroatoms. The molecule has 0 heterocycles. The Morgan fingerprint density at radius 1 is 0.857 bits per heavy atom. The highest BCUT2D eigenvalue weighted by molar-refractivity contribution is 5.92. The smallest absolute Gasteiger partial charge is 0.334 e. The van der Waals surface area contributed by atoms with Crippen LogP contribution in [0, 0.1) is 0 Å². The fourth-order valence-corrected chi connectivity index (χ4v) is 2.91. The molecule has 162 valence electrons. The molecule has 0 unspecified atom stereocenters. The highest BCUT2D eigenvalue weighted by Crippen LogP contribution is 2.12. The van der Waals surface area contributed by atoms with Crippen molar-refractivity contribution in [1.82, 2.24) is 5.32 Å². The van der Waals surface area contributed by atoms with Gasteiger partial charge in [0.15, 0.2) is 0 Å². The molecule has 0 aliphatic heterocycles. The molecule has 2 N–H and O–H groups in total. The van der Waals surface area contributed by atoms with E-state index in [4.69, 9.17) is 9.84 Å². The van der Waals surface area contributed by atoms with Gasteiger partial charge in [-0.2, -0.15) is 0 Å². The molecule has 0 atom stereocenters. The van der Waals surface area contributed by atoms with Crippen molar-refractivity contribution in [2.24, 2.45) is 0 Å². The summed E-state index contributed by atoms with van der Waals surface area (Å²) in [5.41, 5.74) is -0.102. The van der Waals surface area contributed by atoms with Gasteiger partial charge < -0.3 is 15.2 Å². The molecule has 6 nitrogen and oxygen atoms in total. The maximum atomic E-state index is 11.7. The van der Waals surface area contributed by atoms with Gasteiger partial charge in [0.25, 0.3) is 0 Å². The molecule has 28 heavy (non-hydrogen) atoms. The van der Waals surface area contributed by atoms with Crippen molar-refractivity contribution >= 4 is 17.8 Å². The van der Waals surface area contributed by atoms with Gasteiger partial charge in [0.2, 0.25) is 5.91 Å². The maximum Gasteiger partial charge on any atom is 0.334 e. The van der Waals surface area contributed by atoms with Crippen LogP contribution in [0.4, 0.5) is 0 Å². The lowest BCUT2D eigenvalue weighted by Gasteiger charge is -2.07. The second-order valence-electron chi connectivity index (χ2n) is 7.30. The molecular weight excluding hydrogens is 358 g/mol. The number of ether oxygens (including phenoxy) is 1. The van der Waals surface area contributed by atoms with Crippen LogP contribution in [0.5, 0.6) is 0 Å². The molecule has 0 bridgehead atoms. The van der Waals surface area contributed by atoms with E-state index in [-0.39, 0.29) is 24.6 Å². The zero-order valence-electron chi connectivity index (χ0n) is 17.6. The number of carboxylic acids is 1. The van der Waals surface area contributed by atoms with Crippen molar-refractivity contribution in [3.8, 4) is 0 Å². The van der Waals surface area contributed by atoms with Crippen molar-refractivity contribution < 1.29 is 24.2 Å². The van der Waals surface area contributed by atoms with Crippen molar-refractivity contribution in [3.05, 3.63) is 12.2 Å². The molecular formula is C22H39NO5. The minimum atomic E-state index is -1.13. The number of hydrogen-bond donors (Lipinski definition) is 2. The van der Waals surface area contributed by atoms with E-state index < -0.39 is 18.4 Å². The van der Waals surface area contributed by atoms with Gasteiger partial charge in [0.1, 0.15) is 6.61 Å². The van der Waals surface area contributed by atoms with E-state index in [2.05, 4.69) is 18.8 Å². The number of unbranched alkanes of at least 4 members (excludes halogenated alkanes) is 11. The van der Waals surface area contributed by atoms with Crippen LogP contribution >= 0.6 is 0 Å². The van der Waals surface area contributed by atoms with Crippen LogP contribution in [0.2, 0.25) is 0 Å². The predicted octanol–water partition coefficient (Wildman–Crippen LogP) is 4.77. The van der Waals surface area contributed by atoms with Crippen molar-refractivity contribution in [2.45, 2.75) is 96.8 Å². The number of rotatable bonds is 19. The molecule has 0 aromatic heterocycles. The highest BCUT2D eigenvalue weighted by Gasteiger charge is 2.12. The fraction of sp³-hybridized carbons (Fsp3) is 0.773. The number of aliphatic carboxylic acids is 1. The van der Waals surface area contributed by atoms with E-state index in [1.807, 2.05) is 0 Å². The summed E-state index contributed by atoms with van der Waals surface area (Å²) in [4.78, 5) is 33.6. The Labute approximate surface area is 170 Å². The average Bonchev–Trinajstić information content (AvgIpc) is 2.65. The van der Waals surface area contributed by atoms with Crippen LogP contribution in [0.1, 0.15) is 96.8 Å². The van der Waals surface area contributed by atoms with Crippen LogP contribution in [0.25, 0.3) is 0 Å². The lowest BCUT2D eigenvalue weighted by Crippen LogP contribution is -2.28. The highest BCUT2D eigenvalue weighted by atomic mass is 16.5. The maximum absolute atomic E-state index is 11.7. The van der Waals surface area contributed by atoms with E-state index in [1.54, 1.807) is 0 Å². The van der Waals surface area contributed by atoms with Crippen LogP contribution in [0.15, 0.2) is 12.2 Å². The third kappa shape index (κ3) is 17.6. The number of carbonyl (C=O) groups is 3. The van der Waals surface area contributed by atoms with Crippen molar-refractivity contribution in [1.29, 1.82) is 0 Å². The Bertz CT molecular complexity index is 462. The van der Waals surface area contributed by atoms with Crippen LogP contribution in [-0.4, -0.2) is 36.1 Å². The van der Waals surface area contributed by atoms with E-state index in [0.29, 0.717) is 6.42 Å². The predicted molar refractivity (Wildman–Crippen MR) is 111 cm³/mol. The first-order valence-corrected chi connectivity index (χ1v) is 10.8. The Morgan fingerprint density at radius 2 is 1.36 bits per heavy atom. The summed E-state index contributed by atoms with van der Waals surface area (Å²) in [7, 11) is 0. The molecule has 0 saturated carbocycles. The largest absolute Gasteiger partial charge is 0.481 e. The first-order valence-electron chi connectivity index (χ1n) is 10.8. The summed E-state index contributed by atoms with van der Waals surface area (Å²) in [5.74, 6) is -1.91. The van der Waals surface area contributed by atoms with Crippen molar-refractivity contribution in [2.75, 3.05) is 13.2 Å². The first-order chi connectivity index (χ1) is 13.5. The second-order valence-corrected chi connectivity index (χ2v) is 7.30. The third-order valence-corrected chi connectivity index (χ3v) is 4.57. The SMILES string of the molecule is C=C(CC(=O)O)C(=O)OCCNC(=O)CCCCCCCCCCCCCC. The molecule has 0 spiro atoms. The summed E-state index contributed by atoms with van der Waals surface area (Å²) in [6, 6.07) is 0. The third-order valence-electron chi connectivity index (χ3n) is 4.57. The zero-order valence-corrected chi connectivity index (χ0v) is 17.6. The quantitative estimate of drug-likeness (QED) is 0.186. The molecule has 0 aliphatic carbocycles. The van der Waals surface area contributed by atoms with Gasteiger partial charge in [-0.3, -0.25) is 9.59 Å². The summed E-state index contributed by atoms with van der Waals surface area (Å²) in [6.45, 7) is 5.84. The molecule has 0 rings (SSSR count). The first kappa shape index (κ1) is 26.1. The summed E-state index contributed by atoms with van der Waals surface area (Å²) >= 11 is 0. The number of nitrogens with one attached hydrogen (secondary N) is 1. The van der Waals surface area contributed by atoms with Gasteiger partial charge in [-0.1, -0.05) is 84.1 Å². The Kier molecular flexibility index (Phi) is 17.3. The topological polar surface area (TPSA) is 92.7 Å². The van der Waals surface area contributed by atoms with E-state index in [1.165, 1.54) is 64.2 Å². The molecule has 0 aromatic carbocycles. The van der Waals surface area contributed by atoms with Gasteiger partial charge in [0, 0.05) is 12.0 Å². The molecule has 0 aliphatic rings. The second kappa shape index (κ2) is 18.5. The standard InChI is InChI=1S/C22H39NO5/c1-3-4-5-6-7-8-9-10-11-12-13-14-15-20(24)23-16-17-28-22(27)19(2)18-21(25)26/h2-18H2,1H3,(H,23,24)(H,25,26). The monoisotopic (exact) mass is 397 g/mol. The van der Waals surface area contributed by atoms with E-state index >= 15 is 0 Å². The fourth-order valence-electron chi connectivity index (χ4n) is 2.91.